The molecule has 24 heavy (non-hydrogen) atoms. The summed E-state index contributed by atoms with van der Waals surface area (Å²) in [6.07, 6.45) is 3.91. The van der Waals surface area contributed by atoms with Crippen LogP contribution in [0.25, 0.3) is 11.4 Å². The van der Waals surface area contributed by atoms with Crippen LogP contribution in [0.5, 0.6) is 0 Å². The number of aromatic nitrogens is 5. The highest BCUT2D eigenvalue weighted by Gasteiger charge is 2.12. The first-order chi connectivity index (χ1) is 11.7. The summed E-state index contributed by atoms with van der Waals surface area (Å²) in [6, 6.07) is 3.64. The SMILES string of the molecule is CCSc1nnc(NC(=O)CCc2nc(-c3cccnc3)no2)s1. The summed E-state index contributed by atoms with van der Waals surface area (Å²) in [5.74, 6) is 1.62. The average molecular weight is 362 g/mol. The molecular weight excluding hydrogens is 348 g/mol. The zero-order valence-corrected chi connectivity index (χ0v) is 14.4. The molecule has 3 aromatic rings. The van der Waals surface area contributed by atoms with Crippen molar-refractivity contribution in [1.82, 2.24) is 25.3 Å². The van der Waals surface area contributed by atoms with Gasteiger partial charge in [0.25, 0.3) is 0 Å². The van der Waals surface area contributed by atoms with Crippen LogP contribution < -0.4 is 5.32 Å². The Morgan fingerprint density at radius 3 is 3.12 bits per heavy atom. The molecule has 3 rings (SSSR count). The number of hydrogen-bond acceptors (Lipinski definition) is 9. The molecule has 0 fully saturated rings. The molecule has 124 valence electrons. The third-order valence-electron chi connectivity index (χ3n) is 2.87. The molecule has 0 aliphatic heterocycles. The molecule has 0 radical (unpaired) electrons. The van der Waals surface area contributed by atoms with Gasteiger partial charge >= 0.3 is 0 Å². The Hall–Kier alpha value is -2.33. The minimum absolute atomic E-state index is 0.166. The van der Waals surface area contributed by atoms with Gasteiger partial charge in [-0.2, -0.15) is 4.98 Å². The highest BCUT2D eigenvalue weighted by Crippen LogP contribution is 2.25. The fourth-order valence-electron chi connectivity index (χ4n) is 1.81. The number of nitrogens with one attached hydrogen (secondary N) is 1. The summed E-state index contributed by atoms with van der Waals surface area (Å²) in [4.78, 5) is 20.2. The van der Waals surface area contributed by atoms with E-state index in [-0.39, 0.29) is 12.3 Å². The van der Waals surface area contributed by atoms with E-state index in [0.717, 1.165) is 15.7 Å². The highest BCUT2D eigenvalue weighted by atomic mass is 32.2. The normalized spacial score (nSPS) is 10.7. The molecule has 0 aromatic carbocycles. The van der Waals surface area contributed by atoms with Crippen molar-refractivity contribution in [2.45, 2.75) is 24.1 Å². The molecule has 0 saturated carbocycles. The van der Waals surface area contributed by atoms with E-state index >= 15 is 0 Å². The van der Waals surface area contributed by atoms with Gasteiger partial charge in [0.15, 0.2) is 4.34 Å². The third-order valence-corrected chi connectivity index (χ3v) is 4.73. The Balaban J connectivity index is 1.52. The van der Waals surface area contributed by atoms with Crippen LogP contribution in [-0.2, 0) is 11.2 Å². The van der Waals surface area contributed by atoms with Crippen LogP contribution >= 0.6 is 23.1 Å². The van der Waals surface area contributed by atoms with E-state index in [2.05, 4.69) is 30.6 Å². The average Bonchev–Trinajstić information content (AvgIpc) is 3.24. The molecule has 0 unspecified atom stereocenters. The van der Waals surface area contributed by atoms with Crippen LogP contribution in [0.2, 0.25) is 0 Å². The number of anilines is 1. The van der Waals surface area contributed by atoms with E-state index in [1.807, 2.05) is 13.0 Å². The molecule has 3 aromatic heterocycles. The number of thioether (sulfide) groups is 1. The second-order valence-electron chi connectivity index (χ2n) is 4.61. The smallest absolute Gasteiger partial charge is 0.227 e. The second-order valence-corrected chi connectivity index (χ2v) is 7.10. The number of hydrogen-bond donors (Lipinski definition) is 1. The van der Waals surface area contributed by atoms with E-state index in [0.29, 0.717) is 23.3 Å². The summed E-state index contributed by atoms with van der Waals surface area (Å²) < 4.78 is 6.00. The molecule has 0 atom stereocenters. The summed E-state index contributed by atoms with van der Waals surface area (Å²) in [6.45, 7) is 2.04. The van der Waals surface area contributed by atoms with Gasteiger partial charge in [-0.05, 0) is 17.9 Å². The van der Waals surface area contributed by atoms with E-state index < -0.39 is 0 Å². The van der Waals surface area contributed by atoms with Gasteiger partial charge in [-0.15, -0.1) is 10.2 Å². The van der Waals surface area contributed by atoms with Crippen LogP contribution in [0.3, 0.4) is 0 Å². The lowest BCUT2D eigenvalue weighted by Gasteiger charge is -1.98. The van der Waals surface area contributed by atoms with E-state index in [4.69, 9.17) is 4.52 Å². The lowest BCUT2D eigenvalue weighted by molar-refractivity contribution is -0.116. The van der Waals surface area contributed by atoms with Gasteiger partial charge < -0.3 is 9.84 Å². The van der Waals surface area contributed by atoms with Gasteiger partial charge in [0.2, 0.25) is 22.8 Å². The van der Waals surface area contributed by atoms with Crippen molar-refractivity contribution in [2.75, 3.05) is 11.1 Å². The number of carbonyl (C=O) groups excluding carboxylic acids is 1. The molecule has 0 bridgehead atoms. The predicted molar refractivity (Wildman–Crippen MR) is 90.8 cm³/mol. The molecule has 0 aliphatic rings. The molecule has 0 aliphatic carbocycles. The molecule has 8 nitrogen and oxygen atoms in total. The third kappa shape index (κ3) is 4.36. The standard InChI is InChI=1S/C14H14N6O2S2/c1-2-23-14-19-18-13(24-14)16-10(21)5-6-11-17-12(20-22-11)9-4-3-7-15-8-9/h3-4,7-8H,2,5-6H2,1H3,(H,16,18,21). The van der Waals surface area contributed by atoms with Gasteiger partial charge in [0.1, 0.15) is 0 Å². The maximum Gasteiger partial charge on any atom is 0.227 e. The van der Waals surface area contributed by atoms with Gasteiger partial charge in [-0.25, -0.2) is 0 Å². The van der Waals surface area contributed by atoms with Crippen LogP contribution in [0.1, 0.15) is 19.2 Å². The van der Waals surface area contributed by atoms with Gasteiger partial charge in [0.05, 0.1) is 0 Å². The maximum absolute atomic E-state index is 12.0. The van der Waals surface area contributed by atoms with Crippen molar-refractivity contribution in [2.24, 2.45) is 0 Å². The summed E-state index contributed by atoms with van der Waals surface area (Å²) in [5.41, 5.74) is 0.770. The van der Waals surface area contributed by atoms with Gasteiger partial charge in [0, 0.05) is 30.8 Å². The number of nitrogens with zero attached hydrogens (tertiary/aromatic N) is 5. The Labute approximate surface area is 146 Å². The minimum Gasteiger partial charge on any atom is -0.339 e. The molecule has 1 amide bonds. The van der Waals surface area contributed by atoms with E-state index in [1.54, 1.807) is 30.2 Å². The van der Waals surface area contributed by atoms with Crippen LogP contribution in [0, 0.1) is 0 Å². The van der Waals surface area contributed by atoms with Crippen LogP contribution in [-0.4, -0.2) is 37.0 Å². The Morgan fingerprint density at radius 2 is 2.33 bits per heavy atom. The number of amides is 1. The lowest BCUT2D eigenvalue weighted by Crippen LogP contribution is -2.12. The van der Waals surface area contributed by atoms with E-state index in [1.165, 1.54) is 11.3 Å². The summed E-state index contributed by atoms with van der Waals surface area (Å²) >= 11 is 2.95. The van der Waals surface area contributed by atoms with Gasteiger partial charge in [-0.1, -0.05) is 35.2 Å². The van der Waals surface area contributed by atoms with Gasteiger partial charge in [-0.3, -0.25) is 9.78 Å². The number of rotatable bonds is 7. The Bertz CT molecular complexity index is 804. The highest BCUT2D eigenvalue weighted by molar-refractivity contribution is 8.01. The largest absolute Gasteiger partial charge is 0.339 e. The van der Waals surface area contributed by atoms with Crippen LogP contribution in [0.4, 0.5) is 5.13 Å². The Morgan fingerprint density at radius 1 is 1.42 bits per heavy atom. The van der Waals surface area contributed by atoms with Crippen molar-refractivity contribution >= 4 is 34.1 Å². The molecule has 3 heterocycles. The fraction of sp³-hybridized carbons (Fsp3) is 0.286. The first-order valence-corrected chi connectivity index (χ1v) is 9.04. The summed E-state index contributed by atoms with van der Waals surface area (Å²) in [7, 11) is 0. The molecule has 1 N–H and O–H groups in total. The first-order valence-electron chi connectivity index (χ1n) is 7.23. The molecule has 0 saturated heterocycles. The van der Waals surface area contributed by atoms with Crippen molar-refractivity contribution in [3.63, 3.8) is 0 Å². The Kier molecular flexibility index (Phi) is 5.49. The second kappa shape index (κ2) is 7.97. The first kappa shape index (κ1) is 16.5. The van der Waals surface area contributed by atoms with Crippen molar-refractivity contribution < 1.29 is 9.32 Å². The molecular formula is C14H14N6O2S2. The summed E-state index contributed by atoms with van der Waals surface area (Å²) in [5, 5.41) is 15.0. The number of carbonyl (C=O) groups is 1. The minimum atomic E-state index is -0.166. The zero-order chi connectivity index (χ0) is 16.8. The number of aryl methyl sites for hydroxylation is 1. The topological polar surface area (TPSA) is 107 Å². The lowest BCUT2D eigenvalue weighted by atomic mass is 10.2. The van der Waals surface area contributed by atoms with E-state index in [9.17, 15) is 4.79 Å². The quantitative estimate of drug-likeness (QED) is 0.505. The van der Waals surface area contributed by atoms with Crippen molar-refractivity contribution in [3.05, 3.63) is 30.4 Å². The maximum atomic E-state index is 12.0. The monoisotopic (exact) mass is 362 g/mol. The molecule has 0 spiro atoms. The van der Waals surface area contributed by atoms with Crippen molar-refractivity contribution in [3.8, 4) is 11.4 Å². The molecule has 10 heteroatoms. The van der Waals surface area contributed by atoms with Crippen LogP contribution in [0.15, 0.2) is 33.4 Å². The fourth-order valence-corrected chi connectivity index (χ4v) is 3.48. The number of pyridine rings is 1. The zero-order valence-electron chi connectivity index (χ0n) is 12.8. The van der Waals surface area contributed by atoms with Crippen molar-refractivity contribution in [1.29, 1.82) is 0 Å². The predicted octanol–water partition coefficient (Wildman–Crippen LogP) is 2.67.